The summed E-state index contributed by atoms with van der Waals surface area (Å²) in [6.07, 6.45) is 7.41. The molecule has 0 N–H and O–H groups in total. The van der Waals surface area contributed by atoms with Gasteiger partial charge in [-0.2, -0.15) is 0 Å². The number of fused-ring (bicyclic) bond motifs is 3. The highest BCUT2D eigenvalue weighted by Crippen LogP contribution is 2.52. The van der Waals surface area contributed by atoms with Crippen LogP contribution in [0.5, 0.6) is 0 Å². The Balaban J connectivity index is 1.78. The number of terminal acetylenes is 1. The Kier molecular flexibility index (Phi) is 3.05. The Hall–Kier alpha value is -2.12. The fourth-order valence-corrected chi connectivity index (χ4v) is 4.56. The molecule has 0 unspecified atom stereocenters. The van der Waals surface area contributed by atoms with Gasteiger partial charge in [-0.1, -0.05) is 36.3 Å². The van der Waals surface area contributed by atoms with Gasteiger partial charge >= 0.3 is 0 Å². The maximum atomic E-state index is 12.8. The molecule has 3 aliphatic heterocycles. The lowest BCUT2D eigenvalue weighted by molar-refractivity contribution is -0.140. The molecule has 112 valence electrons. The average molecular weight is 294 g/mol. The first-order valence-electron chi connectivity index (χ1n) is 7.83. The third kappa shape index (κ3) is 1.69. The normalized spacial score (nSPS) is 33.9. The summed E-state index contributed by atoms with van der Waals surface area (Å²) >= 11 is 0. The molecule has 0 bridgehead atoms. The quantitative estimate of drug-likeness (QED) is 0.612. The van der Waals surface area contributed by atoms with Gasteiger partial charge < -0.3 is 0 Å². The molecule has 0 aromatic heterocycles. The van der Waals surface area contributed by atoms with Gasteiger partial charge in [0.15, 0.2) is 0 Å². The fraction of sp³-hybridized carbons (Fsp3) is 0.444. The van der Waals surface area contributed by atoms with E-state index in [9.17, 15) is 9.59 Å². The van der Waals surface area contributed by atoms with Crippen molar-refractivity contribution in [1.82, 2.24) is 9.80 Å². The van der Waals surface area contributed by atoms with Gasteiger partial charge in [-0.25, -0.2) is 0 Å². The molecular formula is C18H18N2O2. The smallest absolute Gasteiger partial charge is 0.235 e. The van der Waals surface area contributed by atoms with Gasteiger partial charge in [-0.3, -0.25) is 19.4 Å². The lowest BCUT2D eigenvalue weighted by Crippen LogP contribution is -2.39. The second kappa shape index (κ2) is 4.96. The number of carbonyl (C=O) groups is 2. The zero-order chi connectivity index (χ0) is 15.3. The van der Waals surface area contributed by atoms with E-state index in [1.807, 2.05) is 18.2 Å². The Morgan fingerprint density at radius 1 is 1.14 bits per heavy atom. The summed E-state index contributed by atoms with van der Waals surface area (Å²) in [5, 5.41) is 0. The van der Waals surface area contributed by atoms with Crippen molar-refractivity contribution in [3.8, 4) is 12.3 Å². The van der Waals surface area contributed by atoms with Gasteiger partial charge in [0, 0.05) is 12.1 Å². The van der Waals surface area contributed by atoms with Gasteiger partial charge in [0.1, 0.15) is 0 Å². The van der Waals surface area contributed by atoms with Crippen LogP contribution in [0.15, 0.2) is 30.3 Å². The van der Waals surface area contributed by atoms with E-state index in [0.29, 0.717) is 0 Å². The minimum absolute atomic E-state index is 0.0120. The number of hydrogen-bond donors (Lipinski definition) is 0. The van der Waals surface area contributed by atoms with Gasteiger partial charge in [0.2, 0.25) is 11.8 Å². The van der Waals surface area contributed by atoms with E-state index in [1.54, 1.807) is 0 Å². The van der Waals surface area contributed by atoms with E-state index in [2.05, 4.69) is 23.0 Å². The highest BCUT2D eigenvalue weighted by molar-refractivity contribution is 6.06. The Labute approximate surface area is 130 Å². The van der Waals surface area contributed by atoms with Crippen LogP contribution in [-0.2, 0) is 9.59 Å². The number of hydrogen-bond acceptors (Lipinski definition) is 3. The van der Waals surface area contributed by atoms with E-state index in [-0.39, 0.29) is 42.3 Å². The summed E-state index contributed by atoms with van der Waals surface area (Å²) in [7, 11) is 0. The third-order valence-electron chi connectivity index (χ3n) is 5.33. The molecule has 3 fully saturated rings. The van der Waals surface area contributed by atoms with Crippen molar-refractivity contribution in [2.75, 3.05) is 13.1 Å². The van der Waals surface area contributed by atoms with Crippen LogP contribution < -0.4 is 0 Å². The average Bonchev–Trinajstić information content (AvgIpc) is 3.17. The first-order chi connectivity index (χ1) is 10.7. The summed E-state index contributed by atoms with van der Waals surface area (Å²) < 4.78 is 0. The molecule has 0 aliphatic carbocycles. The van der Waals surface area contributed by atoms with Crippen LogP contribution in [0.2, 0.25) is 0 Å². The molecule has 3 aliphatic rings. The van der Waals surface area contributed by atoms with Crippen molar-refractivity contribution in [3.63, 3.8) is 0 Å². The minimum Gasteiger partial charge on any atom is -0.292 e. The van der Waals surface area contributed by atoms with Crippen molar-refractivity contribution in [3.05, 3.63) is 35.9 Å². The molecule has 22 heavy (non-hydrogen) atoms. The molecular weight excluding hydrogens is 276 g/mol. The number of rotatable bonds is 2. The van der Waals surface area contributed by atoms with Crippen molar-refractivity contribution in [2.24, 2.45) is 11.8 Å². The molecule has 0 radical (unpaired) electrons. The number of benzene rings is 1. The van der Waals surface area contributed by atoms with Crippen molar-refractivity contribution in [2.45, 2.75) is 24.9 Å². The monoisotopic (exact) mass is 294 g/mol. The van der Waals surface area contributed by atoms with E-state index in [0.717, 1.165) is 24.9 Å². The van der Waals surface area contributed by atoms with Crippen molar-refractivity contribution in [1.29, 1.82) is 0 Å². The second-order valence-corrected chi connectivity index (χ2v) is 6.32. The molecule has 1 aromatic rings. The molecule has 4 rings (SSSR count). The molecule has 3 saturated heterocycles. The SMILES string of the molecule is C#CCN1C(=O)[C@@H]2[C@H](C1=O)[C@@H](c1ccccc1)N1CCC[C@H]21. The van der Waals surface area contributed by atoms with Gasteiger partial charge in [0.05, 0.1) is 18.4 Å². The lowest BCUT2D eigenvalue weighted by Gasteiger charge is -2.28. The molecule has 4 atom stereocenters. The largest absolute Gasteiger partial charge is 0.292 e. The second-order valence-electron chi connectivity index (χ2n) is 6.32. The molecule has 4 heteroatoms. The maximum Gasteiger partial charge on any atom is 0.235 e. The molecule has 0 spiro atoms. The summed E-state index contributed by atoms with van der Waals surface area (Å²) in [6, 6.07) is 10.3. The topological polar surface area (TPSA) is 40.6 Å². The number of likely N-dealkylation sites (tertiary alicyclic amines) is 1. The standard InChI is InChI=1S/C18H18N2O2/c1-2-10-20-17(21)14-13-9-6-11-19(13)16(15(14)18(20)22)12-7-4-3-5-8-12/h1,3-5,7-8,13-16H,6,9-11H2/t13-,14+,15+,16-/m1/s1. The number of carbonyl (C=O) groups excluding carboxylic acids is 2. The summed E-state index contributed by atoms with van der Waals surface area (Å²) in [5.74, 6) is 1.81. The zero-order valence-electron chi connectivity index (χ0n) is 12.3. The molecule has 4 nitrogen and oxygen atoms in total. The third-order valence-corrected chi connectivity index (χ3v) is 5.33. The van der Waals surface area contributed by atoms with Crippen LogP contribution in [0, 0.1) is 24.2 Å². The van der Waals surface area contributed by atoms with E-state index < -0.39 is 0 Å². The van der Waals surface area contributed by atoms with Crippen molar-refractivity contribution >= 4 is 11.8 Å². The Bertz CT molecular complexity index is 663. The summed E-state index contributed by atoms with van der Waals surface area (Å²) in [4.78, 5) is 29.1. The molecule has 3 heterocycles. The summed E-state index contributed by atoms with van der Waals surface area (Å²) in [5.41, 5.74) is 1.13. The maximum absolute atomic E-state index is 12.8. The predicted octanol–water partition coefficient (Wildman–Crippen LogP) is 1.44. The first kappa shape index (κ1) is 13.5. The van der Waals surface area contributed by atoms with Crippen LogP contribution in [0.1, 0.15) is 24.4 Å². The van der Waals surface area contributed by atoms with E-state index in [4.69, 9.17) is 6.42 Å². The van der Waals surface area contributed by atoms with Crippen LogP contribution in [0.3, 0.4) is 0 Å². The van der Waals surface area contributed by atoms with Crippen LogP contribution in [-0.4, -0.2) is 40.7 Å². The van der Waals surface area contributed by atoms with E-state index >= 15 is 0 Å². The molecule has 0 saturated carbocycles. The molecule has 2 amide bonds. The van der Waals surface area contributed by atoms with Gasteiger partial charge in [0.25, 0.3) is 0 Å². The Morgan fingerprint density at radius 3 is 2.59 bits per heavy atom. The van der Waals surface area contributed by atoms with Gasteiger partial charge in [-0.05, 0) is 24.9 Å². The number of amides is 2. The highest BCUT2D eigenvalue weighted by Gasteiger charge is 2.62. The lowest BCUT2D eigenvalue weighted by atomic mass is 9.85. The highest BCUT2D eigenvalue weighted by atomic mass is 16.2. The Morgan fingerprint density at radius 2 is 1.86 bits per heavy atom. The van der Waals surface area contributed by atoms with E-state index in [1.165, 1.54) is 4.90 Å². The number of nitrogens with zero attached hydrogens (tertiary/aromatic N) is 2. The van der Waals surface area contributed by atoms with Crippen LogP contribution >= 0.6 is 0 Å². The summed E-state index contributed by atoms with van der Waals surface area (Å²) in [6.45, 7) is 1.06. The predicted molar refractivity (Wildman–Crippen MR) is 81.4 cm³/mol. The van der Waals surface area contributed by atoms with Gasteiger partial charge in [-0.15, -0.1) is 6.42 Å². The minimum atomic E-state index is -0.270. The first-order valence-corrected chi connectivity index (χ1v) is 7.83. The fourth-order valence-electron chi connectivity index (χ4n) is 4.56. The van der Waals surface area contributed by atoms with Crippen molar-refractivity contribution < 1.29 is 9.59 Å². The molecule has 1 aromatic carbocycles. The van der Waals surface area contributed by atoms with Crippen LogP contribution in [0.4, 0.5) is 0 Å². The van der Waals surface area contributed by atoms with Crippen LogP contribution in [0.25, 0.3) is 0 Å². The number of imide groups is 1. The zero-order valence-corrected chi connectivity index (χ0v) is 12.3.